The number of aryl methyl sites for hydroxylation is 1. The molecule has 0 N–H and O–H groups in total. The van der Waals surface area contributed by atoms with Crippen molar-refractivity contribution >= 4 is 33.0 Å². The average Bonchev–Trinajstić information content (AvgIpc) is 2.97. The molecule has 0 spiro atoms. The van der Waals surface area contributed by atoms with Crippen LogP contribution in [0.15, 0.2) is 41.4 Å². The zero-order chi connectivity index (χ0) is 13.7. The smallest absolute Gasteiger partial charge is 0.0907 e. The Labute approximate surface area is 121 Å². The van der Waals surface area contributed by atoms with Crippen LogP contribution in [-0.2, 0) is 6.42 Å². The standard InChI is InChI=1S/C17H14N2S/c1-10-7-14-8-12(3-5-15(14)18-10)13-4-6-16-17(9-13)20-11(2)19-16/h3-6,8-9H,7H2,1-2H3. The van der Waals surface area contributed by atoms with E-state index in [1.54, 1.807) is 11.3 Å². The summed E-state index contributed by atoms with van der Waals surface area (Å²) in [6.45, 7) is 4.14. The fourth-order valence-electron chi connectivity index (χ4n) is 2.76. The second-order valence-corrected chi connectivity index (χ2v) is 6.52. The molecule has 2 aromatic carbocycles. The Bertz CT molecular complexity index is 859. The van der Waals surface area contributed by atoms with E-state index in [0.717, 1.165) is 22.6 Å². The van der Waals surface area contributed by atoms with E-state index in [1.165, 1.54) is 27.1 Å². The van der Waals surface area contributed by atoms with Crippen LogP contribution in [0.25, 0.3) is 21.3 Å². The molecule has 3 aromatic rings. The highest BCUT2D eigenvalue weighted by atomic mass is 32.1. The van der Waals surface area contributed by atoms with Crippen LogP contribution in [-0.4, -0.2) is 10.7 Å². The zero-order valence-electron chi connectivity index (χ0n) is 11.5. The minimum absolute atomic E-state index is 0.977. The number of thiazole rings is 1. The van der Waals surface area contributed by atoms with Gasteiger partial charge in [0.1, 0.15) is 0 Å². The predicted molar refractivity (Wildman–Crippen MR) is 86.3 cm³/mol. The van der Waals surface area contributed by atoms with Crippen LogP contribution in [0, 0.1) is 6.92 Å². The van der Waals surface area contributed by atoms with Gasteiger partial charge >= 0.3 is 0 Å². The summed E-state index contributed by atoms with van der Waals surface area (Å²) in [7, 11) is 0. The van der Waals surface area contributed by atoms with Gasteiger partial charge < -0.3 is 0 Å². The minimum Gasteiger partial charge on any atom is -0.257 e. The molecule has 0 aliphatic carbocycles. The largest absolute Gasteiger partial charge is 0.257 e. The maximum absolute atomic E-state index is 4.55. The summed E-state index contributed by atoms with van der Waals surface area (Å²) in [4.78, 5) is 9.06. The number of nitrogens with zero attached hydrogens (tertiary/aromatic N) is 2. The van der Waals surface area contributed by atoms with Crippen LogP contribution in [0.2, 0.25) is 0 Å². The maximum Gasteiger partial charge on any atom is 0.0907 e. The third kappa shape index (κ3) is 1.86. The lowest BCUT2D eigenvalue weighted by Gasteiger charge is -2.04. The van der Waals surface area contributed by atoms with E-state index >= 15 is 0 Å². The molecule has 2 heterocycles. The highest BCUT2D eigenvalue weighted by Gasteiger charge is 2.12. The molecule has 0 bridgehead atoms. The summed E-state index contributed by atoms with van der Waals surface area (Å²) >= 11 is 1.75. The van der Waals surface area contributed by atoms with Crippen LogP contribution in [0.5, 0.6) is 0 Å². The molecule has 0 radical (unpaired) electrons. The van der Waals surface area contributed by atoms with Crippen molar-refractivity contribution < 1.29 is 0 Å². The maximum atomic E-state index is 4.55. The van der Waals surface area contributed by atoms with Crippen molar-refractivity contribution in [2.75, 3.05) is 0 Å². The summed E-state index contributed by atoms with van der Waals surface area (Å²) in [6, 6.07) is 13.1. The SMILES string of the molecule is CC1=Nc2ccc(-c3ccc4nc(C)sc4c3)cc2C1. The topological polar surface area (TPSA) is 25.2 Å². The lowest BCUT2D eigenvalue weighted by molar-refractivity contribution is 1.35. The second-order valence-electron chi connectivity index (χ2n) is 5.28. The number of rotatable bonds is 1. The van der Waals surface area contributed by atoms with E-state index in [-0.39, 0.29) is 0 Å². The first-order valence-electron chi connectivity index (χ1n) is 6.74. The molecule has 0 saturated heterocycles. The van der Waals surface area contributed by atoms with Crippen molar-refractivity contribution in [2.45, 2.75) is 20.3 Å². The predicted octanol–water partition coefficient (Wildman–Crippen LogP) is 4.92. The van der Waals surface area contributed by atoms with E-state index < -0.39 is 0 Å². The molecule has 20 heavy (non-hydrogen) atoms. The Morgan fingerprint density at radius 1 is 1.00 bits per heavy atom. The fourth-order valence-corrected chi connectivity index (χ4v) is 3.62. The van der Waals surface area contributed by atoms with Gasteiger partial charge in [0.2, 0.25) is 0 Å². The van der Waals surface area contributed by atoms with E-state index in [9.17, 15) is 0 Å². The summed E-state index contributed by atoms with van der Waals surface area (Å²) < 4.78 is 1.26. The van der Waals surface area contributed by atoms with Crippen molar-refractivity contribution in [3.8, 4) is 11.1 Å². The van der Waals surface area contributed by atoms with Crippen LogP contribution in [0.4, 0.5) is 5.69 Å². The van der Waals surface area contributed by atoms with Gasteiger partial charge in [0.05, 0.1) is 20.9 Å². The Morgan fingerprint density at radius 2 is 1.80 bits per heavy atom. The molecule has 0 saturated carbocycles. The van der Waals surface area contributed by atoms with Gasteiger partial charge in [-0.25, -0.2) is 4.98 Å². The van der Waals surface area contributed by atoms with Crippen LogP contribution in [0.3, 0.4) is 0 Å². The van der Waals surface area contributed by atoms with Crippen molar-refractivity contribution in [3.63, 3.8) is 0 Å². The van der Waals surface area contributed by atoms with Gasteiger partial charge in [-0.3, -0.25) is 4.99 Å². The minimum atomic E-state index is 0.977. The monoisotopic (exact) mass is 278 g/mol. The number of fused-ring (bicyclic) bond motifs is 2. The van der Waals surface area contributed by atoms with Crippen LogP contribution in [0.1, 0.15) is 17.5 Å². The molecular weight excluding hydrogens is 264 g/mol. The van der Waals surface area contributed by atoms with Gasteiger partial charge in [0, 0.05) is 12.1 Å². The summed E-state index contributed by atoms with van der Waals surface area (Å²) in [6.07, 6.45) is 0.977. The quantitative estimate of drug-likeness (QED) is 0.620. The fraction of sp³-hybridized carbons (Fsp3) is 0.176. The van der Waals surface area contributed by atoms with Gasteiger partial charge in [-0.1, -0.05) is 12.1 Å². The number of aliphatic imine (C=N–C) groups is 1. The third-order valence-electron chi connectivity index (χ3n) is 3.67. The van der Waals surface area contributed by atoms with Crippen LogP contribution >= 0.6 is 11.3 Å². The Hall–Kier alpha value is -2.00. The second kappa shape index (κ2) is 4.25. The molecule has 1 aromatic heterocycles. The van der Waals surface area contributed by atoms with Crippen LogP contribution < -0.4 is 0 Å². The van der Waals surface area contributed by atoms with Gasteiger partial charge in [-0.15, -0.1) is 11.3 Å². The highest BCUT2D eigenvalue weighted by Crippen LogP contribution is 2.33. The Kier molecular flexibility index (Phi) is 2.51. The first-order chi connectivity index (χ1) is 9.69. The molecule has 2 nitrogen and oxygen atoms in total. The Morgan fingerprint density at radius 3 is 2.70 bits per heavy atom. The van der Waals surface area contributed by atoms with Gasteiger partial charge in [0.15, 0.2) is 0 Å². The Balaban J connectivity index is 1.82. The lowest BCUT2D eigenvalue weighted by Crippen LogP contribution is -1.89. The normalized spacial score (nSPS) is 13.6. The lowest BCUT2D eigenvalue weighted by atomic mass is 10.0. The number of hydrogen-bond donors (Lipinski definition) is 0. The molecule has 0 unspecified atom stereocenters. The summed E-state index contributed by atoms with van der Waals surface area (Å²) in [5.41, 5.74) is 7.28. The van der Waals surface area contributed by atoms with E-state index in [0.29, 0.717) is 0 Å². The van der Waals surface area contributed by atoms with Gasteiger partial charge in [-0.05, 0) is 54.8 Å². The third-order valence-corrected chi connectivity index (χ3v) is 4.60. The highest BCUT2D eigenvalue weighted by molar-refractivity contribution is 7.18. The summed E-state index contributed by atoms with van der Waals surface area (Å²) in [5, 5.41) is 1.12. The van der Waals surface area contributed by atoms with Crippen molar-refractivity contribution in [2.24, 2.45) is 4.99 Å². The molecule has 0 atom stereocenters. The number of hydrogen-bond acceptors (Lipinski definition) is 3. The first-order valence-corrected chi connectivity index (χ1v) is 7.55. The molecule has 98 valence electrons. The molecule has 3 heteroatoms. The molecular formula is C17H14N2S. The average molecular weight is 278 g/mol. The number of benzene rings is 2. The van der Waals surface area contributed by atoms with Crippen molar-refractivity contribution in [1.82, 2.24) is 4.98 Å². The molecule has 1 aliphatic rings. The summed E-state index contributed by atoms with van der Waals surface area (Å²) in [5.74, 6) is 0. The van der Waals surface area contributed by atoms with Crippen molar-refractivity contribution in [3.05, 3.63) is 47.0 Å². The zero-order valence-corrected chi connectivity index (χ0v) is 12.3. The molecule has 1 aliphatic heterocycles. The molecule has 0 fully saturated rings. The van der Waals surface area contributed by atoms with Gasteiger partial charge in [0.25, 0.3) is 0 Å². The first kappa shape index (κ1) is 11.8. The number of aromatic nitrogens is 1. The van der Waals surface area contributed by atoms with E-state index in [2.05, 4.69) is 60.2 Å². The van der Waals surface area contributed by atoms with E-state index in [4.69, 9.17) is 0 Å². The van der Waals surface area contributed by atoms with Gasteiger partial charge in [-0.2, -0.15) is 0 Å². The van der Waals surface area contributed by atoms with Crippen molar-refractivity contribution in [1.29, 1.82) is 0 Å². The molecule has 4 rings (SSSR count). The van der Waals surface area contributed by atoms with E-state index in [1.807, 2.05) is 0 Å². The molecule has 0 amide bonds.